The molecule has 0 aromatic heterocycles. The maximum Gasteiger partial charge on any atom is 0.166 e. The van der Waals surface area contributed by atoms with Crippen LogP contribution in [0.2, 0.25) is 0 Å². The molecule has 2 aliphatic rings. The number of ketones is 2. The molecule has 0 aromatic carbocycles. The van der Waals surface area contributed by atoms with Crippen molar-refractivity contribution in [3.8, 4) is 0 Å². The smallest absolute Gasteiger partial charge is 0.166 e. The zero-order valence-corrected chi connectivity index (χ0v) is 19.8. The van der Waals surface area contributed by atoms with Gasteiger partial charge in [0.2, 0.25) is 0 Å². The molecule has 0 saturated carbocycles. The molecule has 5 unspecified atom stereocenters. The molecule has 5 heteroatoms. The van der Waals surface area contributed by atoms with E-state index in [1.54, 1.807) is 13.8 Å². The molecule has 5 atom stereocenters. The molecule has 0 N–H and O–H groups in total. The van der Waals surface area contributed by atoms with E-state index in [1.807, 2.05) is 6.92 Å². The lowest BCUT2D eigenvalue weighted by Crippen LogP contribution is -2.27. The quantitative estimate of drug-likeness (QED) is 0.214. The second-order valence-corrected chi connectivity index (χ2v) is 9.60. The minimum Gasteiger partial charge on any atom is -0.369 e. The van der Waals surface area contributed by atoms with Crippen LogP contribution in [0, 0.1) is 0 Å². The van der Waals surface area contributed by atoms with Gasteiger partial charge >= 0.3 is 0 Å². The van der Waals surface area contributed by atoms with Crippen LogP contribution in [0.15, 0.2) is 0 Å². The predicted molar refractivity (Wildman–Crippen MR) is 118 cm³/mol. The van der Waals surface area contributed by atoms with E-state index in [9.17, 15) is 9.59 Å². The second-order valence-electron chi connectivity index (χ2n) is 9.60. The van der Waals surface area contributed by atoms with Gasteiger partial charge in [-0.2, -0.15) is 0 Å². The van der Waals surface area contributed by atoms with Gasteiger partial charge in [-0.05, 0) is 40.0 Å². The van der Waals surface area contributed by atoms with Crippen LogP contribution in [-0.2, 0) is 23.8 Å². The zero-order chi connectivity index (χ0) is 22.0. The van der Waals surface area contributed by atoms with Gasteiger partial charge in [0, 0.05) is 25.7 Å². The minimum atomic E-state index is -0.641. The van der Waals surface area contributed by atoms with Crippen LogP contribution in [-0.4, -0.2) is 41.8 Å². The second kappa shape index (κ2) is 12.9. The highest BCUT2D eigenvalue weighted by atomic mass is 16.8. The number of rotatable bonds is 17. The Kier molecular flexibility index (Phi) is 11.0. The third-order valence-corrected chi connectivity index (χ3v) is 6.41. The molecule has 174 valence electrons. The van der Waals surface area contributed by atoms with E-state index >= 15 is 0 Å². The number of hydrogen-bond donors (Lipinski definition) is 0. The molecule has 0 spiro atoms. The van der Waals surface area contributed by atoms with Crippen LogP contribution in [0.3, 0.4) is 0 Å². The third kappa shape index (κ3) is 9.57. The van der Waals surface area contributed by atoms with Crippen molar-refractivity contribution in [3.05, 3.63) is 0 Å². The van der Waals surface area contributed by atoms with Crippen molar-refractivity contribution in [2.75, 3.05) is 0 Å². The van der Waals surface area contributed by atoms with Gasteiger partial charge < -0.3 is 23.8 Å². The number of unbranched alkanes of at least 4 members (excludes halogenated alkanes) is 6. The molecule has 5 nitrogen and oxygen atoms in total. The lowest BCUT2D eigenvalue weighted by Gasteiger charge is -2.23. The summed E-state index contributed by atoms with van der Waals surface area (Å²) in [5.41, 5.74) is 0. The van der Waals surface area contributed by atoms with Crippen molar-refractivity contribution in [2.24, 2.45) is 0 Å². The highest BCUT2D eigenvalue weighted by molar-refractivity contribution is 5.75. The van der Waals surface area contributed by atoms with Crippen LogP contribution in [0.4, 0.5) is 0 Å². The Balaban J connectivity index is 1.68. The van der Waals surface area contributed by atoms with E-state index < -0.39 is 5.79 Å². The van der Waals surface area contributed by atoms with E-state index in [2.05, 4.69) is 6.92 Å². The summed E-state index contributed by atoms with van der Waals surface area (Å²) in [6.45, 7) is 7.50. The average Bonchev–Trinajstić information content (AvgIpc) is 3.33. The summed E-state index contributed by atoms with van der Waals surface area (Å²) < 4.78 is 18.6. The minimum absolute atomic E-state index is 0.0698. The van der Waals surface area contributed by atoms with Crippen LogP contribution in [0.1, 0.15) is 118 Å². The van der Waals surface area contributed by atoms with Crippen LogP contribution < -0.4 is 0 Å². The Labute approximate surface area is 183 Å². The molecule has 30 heavy (non-hydrogen) atoms. The van der Waals surface area contributed by atoms with Crippen LogP contribution in [0.5, 0.6) is 0 Å². The Morgan fingerprint density at radius 3 is 2.03 bits per heavy atom. The van der Waals surface area contributed by atoms with E-state index in [4.69, 9.17) is 14.2 Å². The van der Waals surface area contributed by atoms with Gasteiger partial charge in [0.05, 0.1) is 24.4 Å². The number of epoxide rings is 1. The lowest BCUT2D eigenvalue weighted by atomic mass is 10.00. The Morgan fingerprint density at radius 2 is 1.33 bits per heavy atom. The fourth-order valence-corrected chi connectivity index (χ4v) is 4.50. The molecule has 2 rings (SSSR count). The normalized spacial score (nSPS) is 30.5. The van der Waals surface area contributed by atoms with Crippen molar-refractivity contribution in [3.63, 3.8) is 0 Å². The molecular formula is C25H44O5. The zero-order valence-electron chi connectivity index (χ0n) is 19.8. The molecule has 2 aliphatic heterocycles. The SMILES string of the molecule is CCCCCC1OC(C)(CCC(C)=O)OC1CC1OC1CCCCCCCC(C)=O. The van der Waals surface area contributed by atoms with E-state index in [0.717, 1.165) is 44.9 Å². The van der Waals surface area contributed by atoms with Crippen molar-refractivity contribution >= 4 is 11.6 Å². The van der Waals surface area contributed by atoms with Crippen LogP contribution in [0.25, 0.3) is 0 Å². The van der Waals surface area contributed by atoms with Gasteiger partial charge in [-0.3, -0.25) is 0 Å². The number of carbonyl (C=O) groups excluding carboxylic acids is 2. The largest absolute Gasteiger partial charge is 0.369 e. The molecule has 0 aromatic rings. The van der Waals surface area contributed by atoms with E-state index in [0.29, 0.717) is 30.8 Å². The fraction of sp³-hybridized carbons (Fsp3) is 0.920. The molecule has 0 aliphatic carbocycles. The summed E-state index contributed by atoms with van der Waals surface area (Å²) >= 11 is 0. The van der Waals surface area contributed by atoms with Gasteiger partial charge in [0.15, 0.2) is 5.79 Å². The first kappa shape index (κ1) is 25.5. The third-order valence-electron chi connectivity index (χ3n) is 6.41. The highest BCUT2D eigenvalue weighted by Crippen LogP contribution is 2.40. The maximum atomic E-state index is 11.4. The molecule has 2 fully saturated rings. The molecule has 0 radical (unpaired) electrons. The van der Waals surface area contributed by atoms with Gasteiger partial charge in [-0.15, -0.1) is 0 Å². The summed E-state index contributed by atoms with van der Waals surface area (Å²) in [5, 5.41) is 0. The number of carbonyl (C=O) groups is 2. The lowest BCUT2D eigenvalue weighted by molar-refractivity contribution is -0.169. The average molecular weight is 425 g/mol. The Bertz CT molecular complexity index is 534. The van der Waals surface area contributed by atoms with E-state index in [-0.39, 0.29) is 18.0 Å². The molecule has 2 heterocycles. The van der Waals surface area contributed by atoms with Crippen molar-refractivity contribution in [1.82, 2.24) is 0 Å². The standard InChI is InChI=1S/C25H44O5/c1-5-6-10-15-22-24(30-25(4,29-22)17-16-20(3)27)18-23-21(28-23)14-12-9-7-8-11-13-19(2)26/h21-24H,5-18H2,1-4H3. The summed E-state index contributed by atoms with van der Waals surface area (Å²) in [6, 6.07) is 0. The predicted octanol–water partition coefficient (Wildman–Crippen LogP) is 5.91. The fourth-order valence-electron chi connectivity index (χ4n) is 4.50. The van der Waals surface area contributed by atoms with Crippen molar-refractivity contribution < 1.29 is 23.8 Å². The van der Waals surface area contributed by atoms with Crippen molar-refractivity contribution in [2.45, 2.75) is 148 Å². The summed E-state index contributed by atoms with van der Waals surface area (Å²) in [5.74, 6) is -0.161. The summed E-state index contributed by atoms with van der Waals surface area (Å²) in [7, 11) is 0. The van der Waals surface area contributed by atoms with Gasteiger partial charge in [0.25, 0.3) is 0 Å². The summed E-state index contributed by atoms with van der Waals surface area (Å²) in [4.78, 5) is 22.4. The first-order chi connectivity index (χ1) is 14.3. The van der Waals surface area contributed by atoms with Gasteiger partial charge in [0.1, 0.15) is 11.6 Å². The molecule has 2 saturated heterocycles. The first-order valence-corrected chi connectivity index (χ1v) is 12.3. The topological polar surface area (TPSA) is 65.1 Å². The monoisotopic (exact) mass is 424 g/mol. The molecule has 0 amide bonds. The summed E-state index contributed by atoms with van der Waals surface area (Å²) in [6.07, 6.45) is 15.1. The first-order valence-electron chi connectivity index (χ1n) is 12.3. The Hall–Kier alpha value is -0.780. The van der Waals surface area contributed by atoms with Gasteiger partial charge in [-0.1, -0.05) is 51.9 Å². The van der Waals surface area contributed by atoms with Crippen molar-refractivity contribution in [1.29, 1.82) is 0 Å². The number of Topliss-reactive ketones (excluding diaryl/α,β-unsaturated/α-hetero) is 2. The highest BCUT2D eigenvalue weighted by Gasteiger charge is 2.48. The van der Waals surface area contributed by atoms with E-state index in [1.165, 1.54) is 32.1 Å². The number of ether oxygens (including phenoxy) is 3. The number of hydrogen-bond acceptors (Lipinski definition) is 5. The molecular weight excluding hydrogens is 380 g/mol. The molecule has 0 bridgehead atoms. The Morgan fingerprint density at radius 1 is 0.733 bits per heavy atom. The van der Waals surface area contributed by atoms with Crippen LogP contribution >= 0.6 is 0 Å². The van der Waals surface area contributed by atoms with Gasteiger partial charge in [-0.25, -0.2) is 0 Å². The maximum absolute atomic E-state index is 11.4.